The van der Waals surface area contributed by atoms with E-state index in [0.717, 1.165) is 15.9 Å². The standard InChI is InChI=1S/C15H15BrFNO2/c1-19-13-5-3-4-10(15(13)17)9-18-11-6-7-12(16)14(8-11)20-2/h3-8,18H,9H2,1-2H3. The van der Waals surface area contributed by atoms with Gasteiger partial charge >= 0.3 is 0 Å². The largest absolute Gasteiger partial charge is 0.495 e. The summed E-state index contributed by atoms with van der Waals surface area (Å²) in [7, 11) is 3.06. The third-order valence-corrected chi connectivity index (χ3v) is 3.55. The summed E-state index contributed by atoms with van der Waals surface area (Å²) < 4.78 is 25.0. The molecule has 0 aliphatic carbocycles. The molecule has 2 aromatic carbocycles. The van der Waals surface area contributed by atoms with Gasteiger partial charge in [-0.2, -0.15) is 0 Å². The molecule has 0 unspecified atom stereocenters. The SMILES string of the molecule is COc1cc(NCc2cccc(OC)c2F)ccc1Br. The fourth-order valence-electron chi connectivity index (χ4n) is 1.82. The second-order valence-corrected chi connectivity index (χ2v) is 4.99. The van der Waals surface area contributed by atoms with E-state index in [-0.39, 0.29) is 11.6 Å². The minimum absolute atomic E-state index is 0.248. The van der Waals surface area contributed by atoms with Gasteiger partial charge in [0.2, 0.25) is 0 Å². The van der Waals surface area contributed by atoms with Crippen molar-refractivity contribution >= 4 is 21.6 Å². The minimum atomic E-state index is -0.341. The first-order valence-corrected chi connectivity index (χ1v) is 6.83. The Labute approximate surface area is 125 Å². The third-order valence-electron chi connectivity index (χ3n) is 2.90. The summed E-state index contributed by atoms with van der Waals surface area (Å²) in [6.45, 7) is 0.369. The number of ether oxygens (including phenoxy) is 2. The second kappa shape index (κ2) is 6.61. The van der Waals surface area contributed by atoms with Gasteiger partial charge in [-0.15, -0.1) is 0 Å². The van der Waals surface area contributed by atoms with Gasteiger partial charge in [0.1, 0.15) is 5.75 Å². The van der Waals surface area contributed by atoms with E-state index in [9.17, 15) is 4.39 Å². The van der Waals surface area contributed by atoms with Gasteiger partial charge in [-0.05, 0) is 34.1 Å². The number of rotatable bonds is 5. The van der Waals surface area contributed by atoms with Gasteiger partial charge in [0, 0.05) is 23.9 Å². The normalized spacial score (nSPS) is 10.2. The van der Waals surface area contributed by atoms with Crippen LogP contribution in [0.1, 0.15) is 5.56 Å². The van der Waals surface area contributed by atoms with Crippen LogP contribution in [0.15, 0.2) is 40.9 Å². The number of anilines is 1. The topological polar surface area (TPSA) is 30.5 Å². The van der Waals surface area contributed by atoms with Gasteiger partial charge in [0.25, 0.3) is 0 Å². The lowest BCUT2D eigenvalue weighted by atomic mass is 10.2. The zero-order chi connectivity index (χ0) is 14.5. The Hall–Kier alpha value is -1.75. The summed E-state index contributed by atoms with van der Waals surface area (Å²) in [4.78, 5) is 0. The summed E-state index contributed by atoms with van der Waals surface area (Å²) in [5, 5.41) is 3.16. The maximum absolute atomic E-state index is 14.0. The molecule has 3 nitrogen and oxygen atoms in total. The molecule has 0 saturated heterocycles. The lowest BCUT2D eigenvalue weighted by molar-refractivity contribution is 0.384. The zero-order valence-electron chi connectivity index (χ0n) is 11.2. The molecule has 0 atom stereocenters. The van der Waals surface area contributed by atoms with Gasteiger partial charge < -0.3 is 14.8 Å². The van der Waals surface area contributed by atoms with Gasteiger partial charge in [0.15, 0.2) is 11.6 Å². The highest BCUT2D eigenvalue weighted by Gasteiger charge is 2.08. The first-order chi connectivity index (χ1) is 9.65. The molecule has 0 bridgehead atoms. The maximum Gasteiger partial charge on any atom is 0.170 e. The van der Waals surface area contributed by atoms with Crippen LogP contribution in [0.5, 0.6) is 11.5 Å². The molecule has 0 spiro atoms. The highest BCUT2D eigenvalue weighted by Crippen LogP contribution is 2.28. The van der Waals surface area contributed by atoms with Crippen molar-refractivity contribution in [2.75, 3.05) is 19.5 Å². The Morgan fingerprint density at radius 2 is 1.85 bits per heavy atom. The van der Waals surface area contributed by atoms with Crippen LogP contribution in [-0.4, -0.2) is 14.2 Å². The van der Waals surface area contributed by atoms with Crippen molar-refractivity contribution in [3.05, 3.63) is 52.3 Å². The zero-order valence-corrected chi connectivity index (χ0v) is 12.8. The molecule has 2 aromatic rings. The summed E-state index contributed by atoms with van der Waals surface area (Å²) >= 11 is 3.39. The molecule has 1 N–H and O–H groups in total. The van der Waals surface area contributed by atoms with Crippen molar-refractivity contribution in [3.63, 3.8) is 0 Å². The number of nitrogens with one attached hydrogen (secondary N) is 1. The van der Waals surface area contributed by atoms with Crippen molar-refractivity contribution in [2.24, 2.45) is 0 Å². The Bertz CT molecular complexity index is 604. The molecule has 106 valence electrons. The van der Waals surface area contributed by atoms with Crippen molar-refractivity contribution in [1.82, 2.24) is 0 Å². The van der Waals surface area contributed by atoms with E-state index < -0.39 is 0 Å². The lowest BCUT2D eigenvalue weighted by Gasteiger charge is -2.11. The summed E-state index contributed by atoms with van der Waals surface area (Å²) in [5.41, 5.74) is 1.40. The summed E-state index contributed by atoms with van der Waals surface area (Å²) in [6.07, 6.45) is 0. The van der Waals surface area contributed by atoms with Gasteiger partial charge in [-0.1, -0.05) is 12.1 Å². The molecule has 0 amide bonds. The van der Waals surface area contributed by atoms with Crippen LogP contribution in [0.2, 0.25) is 0 Å². The number of hydrogen-bond donors (Lipinski definition) is 1. The second-order valence-electron chi connectivity index (χ2n) is 4.14. The average molecular weight is 340 g/mol. The minimum Gasteiger partial charge on any atom is -0.495 e. The van der Waals surface area contributed by atoms with E-state index in [0.29, 0.717) is 12.1 Å². The van der Waals surface area contributed by atoms with Gasteiger partial charge in [-0.25, -0.2) is 4.39 Å². The Morgan fingerprint density at radius 3 is 2.55 bits per heavy atom. The first-order valence-electron chi connectivity index (χ1n) is 6.04. The van der Waals surface area contributed by atoms with Crippen molar-refractivity contribution in [1.29, 1.82) is 0 Å². The number of methoxy groups -OCH3 is 2. The molecule has 0 fully saturated rings. The van der Waals surface area contributed by atoms with Gasteiger partial charge in [-0.3, -0.25) is 0 Å². The summed E-state index contributed by atoms with van der Waals surface area (Å²) in [6, 6.07) is 10.7. The van der Waals surface area contributed by atoms with Crippen LogP contribution in [-0.2, 0) is 6.54 Å². The third kappa shape index (κ3) is 3.22. The first kappa shape index (κ1) is 14.7. The fourth-order valence-corrected chi connectivity index (χ4v) is 2.23. The van der Waals surface area contributed by atoms with Crippen LogP contribution in [0.3, 0.4) is 0 Å². The molecule has 0 aliphatic rings. The number of halogens is 2. The number of hydrogen-bond acceptors (Lipinski definition) is 3. The molecular formula is C15H15BrFNO2. The van der Waals surface area contributed by atoms with E-state index in [1.165, 1.54) is 7.11 Å². The quantitative estimate of drug-likeness (QED) is 0.884. The molecular weight excluding hydrogens is 325 g/mol. The predicted molar refractivity (Wildman–Crippen MR) is 81.0 cm³/mol. The summed E-state index contributed by atoms with van der Waals surface area (Å²) in [5.74, 6) is 0.630. The maximum atomic E-state index is 14.0. The molecule has 0 saturated carbocycles. The molecule has 0 aliphatic heterocycles. The molecule has 0 heterocycles. The van der Waals surface area contributed by atoms with Crippen molar-refractivity contribution < 1.29 is 13.9 Å². The van der Waals surface area contributed by atoms with E-state index in [2.05, 4.69) is 21.2 Å². The molecule has 20 heavy (non-hydrogen) atoms. The van der Waals surface area contributed by atoms with E-state index in [1.54, 1.807) is 25.3 Å². The van der Waals surface area contributed by atoms with Crippen molar-refractivity contribution in [3.8, 4) is 11.5 Å². The van der Waals surface area contributed by atoms with Crippen LogP contribution < -0.4 is 14.8 Å². The van der Waals surface area contributed by atoms with Crippen LogP contribution in [0.25, 0.3) is 0 Å². The molecule has 5 heteroatoms. The Morgan fingerprint density at radius 1 is 1.10 bits per heavy atom. The van der Waals surface area contributed by atoms with Crippen LogP contribution in [0.4, 0.5) is 10.1 Å². The lowest BCUT2D eigenvalue weighted by Crippen LogP contribution is -2.03. The molecule has 0 radical (unpaired) electrons. The van der Waals surface area contributed by atoms with Crippen molar-refractivity contribution in [2.45, 2.75) is 6.54 Å². The Balaban J connectivity index is 2.13. The number of benzene rings is 2. The Kier molecular flexibility index (Phi) is 4.84. The smallest absolute Gasteiger partial charge is 0.170 e. The van der Waals surface area contributed by atoms with Crippen LogP contribution >= 0.6 is 15.9 Å². The highest BCUT2D eigenvalue weighted by atomic mass is 79.9. The molecule has 0 aromatic heterocycles. The van der Waals surface area contributed by atoms with E-state index >= 15 is 0 Å². The predicted octanol–water partition coefficient (Wildman–Crippen LogP) is 4.22. The van der Waals surface area contributed by atoms with Gasteiger partial charge in [0.05, 0.1) is 18.7 Å². The van der Waals surface area contributed by atoms with E-state index in [4.69, 9.17) is 9.47 Å². The average Bonchev–Trinajstić information content (AvgIpc) is 2.47. The fraction of sp³-hybridized carbons (Fsp3) is 0.200. The van der Waals surface area contributed by atoms with Crippen LogP contribution in [0, 0.1) is 5.82 Å². The highest BCUT2D eigenvalue weighted by molar-refractivity contribution is 9.10. The van der Waals surface area contributed by atoms with E-state index in [1.807, 2.05) is 18.2 Å². The monoisotopic (exact) mass is 339 g/mol. The molecule has 2 rings (SSSR count).